The van der Waals surface area contributed by atoms with Gasteiger partial charge in [0.1, 0.15) is 10.7 Å². The molecular weight excluding hydrogens is 345 g/mol. The van der Waals surface area contributed by atoms with Crippen LogP contribution in [0.5, 0.6) is 0 Å². The summed E-state index contributed by atoms with van der Waals surface area (Å²) in [4.78, 5) is 16.1. The maximum Gasteiger partial charge on any atom is 0.270 e. The van der Waals surface area contributed by atoms with E-state index >= 15 is 0 Å². The number of nitrogens with zero attached hydrogens (tertiary/aromatic N) is 1. The van der Waals surface area contributed by atoms with Gasteiger partial charge in [-0.25, -0.2) is 4.98 Å². The minimum atomic E-state index is -0.237. The molecule has 1 amide bonds. The van der Waals surface area contributed by atoms with Crippen molar-refractivity contribution in [1.82, 2.24) is 10.3 Å². The lowest BCUT2D eigenvalue weighted by Crippen LogP contribution is -2.29. The van der Waals surface area contributed by atoms with Crippen LogP contribution in [-0.4, -0.2) is 24.5 Å². The van der Waals surface area contributed by atoms with Crippen LogP contribution in [0.15, 0.2) is 29.6 Å². The van der Waals surface area contributed by atoms with Crippen molar-refractivity contribution in [2.45, 2.75) is 12.6 Å². The Bertz CT molecular complexity index is 604. The number of benzene rings is 1. The summed E-state index contributed by atoms with van der Waals surface area (Å²) in [7, 11) is 1.60. The molecule has 0 aliphatic rings. The molecule has 1 atom stereocenters. The van der Waals surface area contributed by atoms with Gasteiger partial charge in [0, 0.05) is 30.6 Å². The average Bonchev–Trinajstić information content (AvgIpc) is 2.98. The summed E-state index contributed by atoms with van der Waals surface area (Å²) in [6.45, 7) is 0.690. The molecule has 2 rings (SSSR count). The predicted molar refractivity (Wildman–Crippen MR) is 90.8 cm³/mol. The number of thiazole rings is 1. The SMILES string of the molecule is COC(CNC(=O)c1csc(CN)n1)c1ccc(Cl)cc1.Cl. The Kier molecular flexibility index (Phi) is 7.78. The third kappa shape index (κ3) is 4.93. The fourth-order valence-corrected chi connectivity index (χ4v) is 2.58. The lowest BCUT2D eigenvalue weighted by molar-refractivity contribution is 0.0824. The Morgan fingerprint density at radius 1 is 1.45 bits per heavy atom. The zero-order valence-corrected chi connectivity index (χ0v) is 14.3. The monoisotopic (exact) mass is 361 g/mol. The molecule has 8 heteroatoms. The lowest BCUT2D eigenvalue weighted by atomic mass is 10.1. The number of rotatable bonds is 6. The Balaban J connectivity index is 0.00000242. The Morgan fingerprint density at radius 2 is 2.14 bits per heavy atom. The van der Waals surface area contributed by atoms with Crippen LogP contribution in [0.1, 0.15) is 27.2 Å². The van der Waals surface area contributed by atoms with E-state index in [-0.39, 0.29) is 24.4 Å². The summed E-state index contributed by atoms with van der Waals surface area (Å²) < 4.78 is 5.39. The van der Waals surface area contributed by atoms with E-state index < -0.39 is 0 Å². The first-order valence-corrected chi connectivity index (χ1v) is 7.60. The van der Waals surface area contributed by atoms with Crippen molar-refractivity contribution in [2.75, 3.05) is 13.7 Å². The highest BCUT2D eigenvalue weighted by atomic mass is 35.5. The van der Waals surface area contributed by atoms with E-state index in [1.165, 1.54) is 11.3 Å². The van der Waals surface area contributed by atoms with Gasteiger partial charge in [-0.2, -0.15) is 0 Å². The molecule has 5 nitrogen and oxygen atoms in total. The second-order valence-electron chi connectivity index (χ2n) is 4.32. The highest BCUT2D eigenvalue weighted by Crippen LogP contribution is 2.18. The minimum Gasteiger partial charge on any atom is -0.375 e. The quantitative estimate of drug-likeness (QED) is 0.829. The predicted octanol–water partition coefficient (Wildman–Crippen LogP) is 2.79. The number of nitrogens with one attached hydrogen (secondary N) is 1. The molecule has 0 radical (unpaired) electrons. The van der Waals surface area contributed by atoms with E-state index in [0.717, 1.165) is 10.6 Å². The Morgan fingerprint density at radius 3 is 2.68 bits per heavy atom. The van der Waals surface area contributed by atoms with Crippen LogP contribution in [0.25, 0.3) is 0 Å². The number of hydrogen-bond acceptors (Lipinski definition) is 5. The van der Waals surface area contributed by atoms with Crippen LogP contribution >= 0.6 is 35.3 Å². The molecule has 22 heavy (non-hydrogen) atoms. The summed E-state index contributed by atoms with van der Waals surface area (Å²) in [5.41, 5.74) is 6.81. The number of hydrogen-bond donors (Lipinski definition) is 2. The van der Waals surface area contributed by atoms with Crippen molar-refractivity contribution in [3.63, 3.8) is 0 Å². The summed E-state index contributed by atoms with van der Waals surface area (Å²) >= 11 is 7.23. The minimum absolute atomic E-state index is 0. The van der Waals surface area contributed by atoms with Gasteiger partial charge in [-0.3, -0.25) is 4.79 Å². The van der Waals surface area contributed by atoms with Gasteiger partial charge < -0.3 is 15.8 Å². The van der Waals surface area contributed by atoms with Crippen molar-refractivity contribution in [2.24, 2.45) is 5.73 Å². The fraction of sp³-hybridized carbons (Fsp3) is 0.286. The molecule has 0 aliphatic carbocycles. The molecule has 1 unspecified atom stereocenters. The van der Waals surface area contributed by atoms with Crippen LogP contribution in [0.3, 0.4) is 0 Å². The van der Waals surface area contributed by atoms with Crippen molar-refractivity contribution in [3.05, 3.63) is 50.9 Å². The molecule has 0 spiro atoms. The van der Waals surface area contributed by atoms with Gasteiger partial charge in [-0.15, -0.1) is 23.7 Å². The lowest BCUT2D eigenvalue weighted by Gasteiger charge is -2.16. The first-order chi connectivity index (χ1) is 10.1. The number of carbonyl (C=O) groups excluding carboxylic acids is 1. The maximum atomic E-state index is 12.0. The van der Waals surface area contributed by atoms with Gasteiger partial charge in [0.2, 0.25) is 0 Å². The Labute approximate surface area is 144 Å². The van der Waals surface area contributed by atoms with Gasteiger partial charge in [-0.1, -0.05) is 23.7 Å². The first-order valence-electron chi connectivity index (χ1n) is 6.35. The molecule has 0 saturated carbocycles. The van der Waals surface area contributed by atoms with Crippen molar-refractivity contribution >= 4 is 41.3 Å². The number of aromatic nitrogens is 1. The summed E-state index contributed by atoms with van der Waals surface area (Å²) in [6.07, 6.45) is -0.237. The van der Waals surface area contributed by atoms with E-state index in [1.807, 2.05) is 12.1 Å². The van der Waals surface area contributed by atoms with Crippen molar-refractivity contribution in [3.8, 4) is 0 Å². The van der Waals surface area contributed by atoms with Crippen molar-refractivity contribution in [1.29, 1.82) is 0 Å². The number of methoxy groups -OCH3 is 1. The first kappa shape index (κ1) is 18.9. The molecule has 0 fully saturated rings. The number of nitrogens with two attached hydrogens (primary N) is 1. The summed E-state index contributed by atoms with van der Waals surface area (Å²) in [5, 5.41) is 5.90. The molecule has 1 aromatic carbocycles. The second kappa shape index (κ2) is 9.07. The van der Waals surface area contributed by atoms with E-state index in [1.54, 1.807) is 24.6 Å². The molecule has 1 heterocycles. The van der Waals surface area contributed by atoms with E-state index in [9.17, 15) is 4.79 Å². The normalized spacial score (nSPS) is 11.6. The second-order valence-corrected chi connectivity index (χ2v) is 5.70. The topological polar surface area (TPSA) is 77.2 Å². The van der Waals surface area contributed by atoms with Crippen LogP contribution in [-0.2, 0) is 11.3 Å². The molecule has 120 valence electrons. The molecule has 0 bridgehead atoms. The fourth-order valence-electron chi connectivity index (χ4n) is 1.80. The van der Waals surface area contributed by atoms with Crippen molar-refractivity contribution < 1.29 is 9.53 Å². The van der Waals surface area contributed by atoms with Gasteiger partial charge >= 0.3 is 0 Å². The third-order valence-corrected chi connectivity index (χ3v) is 4.06. The van der Waals surface area contributed by atoms with E-state index in [0.29, 0.717) is 23.8 Å². The van der Waals surface area contributed by atoms with E-state index in [4.69, 9.17) is 22.1 Å². The smallest absolute Gasteiger partial charge is 0.270 e. The number of carbonyl (C=O) groups is 1. The largest absolute Gasteiger partial charge is 0.375 e. The summed E-state index contributed by atoms with van der Waals surface area (Å²) in [6, 6.07) is 7.33. The van der Waals surface area contributed by atoms with Gasteiger partial charge in [0.05, 0.1) is 6.10 Å². The number of amides is 1. The zero-order chi connectivity index (χ0) is 15.2. The maximum absolute atomic E-state index is 12.0. The van der Waals surface area contributed by atoms with Crippen LogP contribution in [0.4, 0.5) is 0 Å². The molecule has 1 aromatic heterocycles. The zero-order valence-electron chi connectivity index (χ0n) is 11.9. The van der Waals surface area contributed by atoms with Crippen LogP contribution in [0, 0.1) is 0 Å². The number of ether oxygens (including phenoxy) is 1. The highest BCUT2D eigenvalue weighted by Gasteiger charge is 2.14. The van der Waals surface area contributed by atoms with Crippen LogP contribution in [0.2, 0.25) is 5.02 Å². The van der Waals surface area contributed by atoms with Gasteiger partial charge in [0.15, 0.2) is 0 Å². The molecule has 0 saturated heterocycles. The van der Waals surface area contributed by atoms with Crippen LogP contribution < -0.4 is 11.1 Å². The van der Waals surface area contributed by atoms with Gasteiger partial charge in [0.25, 0.3) is 5.91 Å². The average molecular weight is 362 g/mol. The summed E-state index contributed by atoms with van der Waals surface area (Å²) in [5.74, 6) is -0.234. The van der Waals surface area contributed by atoms with Gasteiger partial charge in [-0.05, 0) is 17.7 Å². The molecular formula is C14H17Cl2N3O2S. The van der Waals surface area contributed by atoms with E-state index in [2.05, 4.69) is 10.3 Å². The molecule has 0 aliphatic heterocycles. The number of halogens is 2. The Hall–Kier alpha value is -1.18. The third-order valence-electron chi connectivity index (χ3n) is 2.93. The molecule has 3 N–H and O–H groups in total. The molecule has 2 aromatic rings. The highest BCUT2D eigenvalue weighted by molar-refractivity contribution is 7.09. The standard InChI is InChI=1S/C14H16ClN3O2S.ClH/c1-20-12(9-2-4-10(15)5-3-9)7-17-14(19)11-8-21-13(6-16)18-11;/h2-5,8,12H,6-7,16H2,1H3,(H,17,19);1H.